The monoisotopic (exact) mass is 432 g/mol. The first-order valence-electron chi connectivity index (χ1n) is 10.8. The molecule has 0 aliphatic carbocycles. The average molecular weight is 433 g/mol. The molecule has 0 heterocycles. The van der Waals surface area contributed by atoms with Crippen LogP contribution >= 0.6 is 11.6 Å². The highest BCUT2D eigenvalue weighted by Crippen LogP contribution is 2.27. The summed E-state index contributed by atoms with van der Waals surface area (Å²) >= 11 is 5.90. The van der Waals surface area contributed by atoms with Crippen LogP contribution in [-0.4, -0.2) is 37.0 Å². The third-order valence-electron chi connectivity index (χ3n) is 4.85. The van der Waals surface area contributed by atoms with E-state index in [1.807, 2.05) is 18.2 Å². The van der Waals surface area contributed by atoms with Gasteiger partial charge in [-0.15, -0.1) is 0 Å². The van der Waals surface area contributed by atoms with Crippen LogP contribution in [-0.2, 0) is 11.3 Å². The third kappa shape index (κ3) is 9.24. The Morgan fingerprint density at radius 1 is 0.900 bits per heavy atom. The first-order valence-corrected chi connectivity index (χ1v) is 11.2. The molecular formula is C24H35ClN3O2+. The molecule has 2 rings (SSSR count). The van der Waals surface area contributed by atoms with E-state index in [0.717, 1.165) is 24.3 Å². The number of unbranched alkanes of at least 4 members (excludes halogenated alkanes) is 5. The number of halogens is 1. The van der Waals surface area contributed by atoms with E-state index in [0.29, 0.717) is 28.5 Å². The maximum absolute atomic E-state index is 10.3. The Bertz CT molecular complexity index is 792. The summed E-state index contributed by atoms with van der Waals surface area (Å²) in [5.74, 6) is 0.266. The van der Waals surface area contributed by atoms with E-state index in [4.69, 9.17) is 16.3 Å². The van der Waals surface area contributed by atoms with Crippen LogP contribution < -0.4 is 0 Å². The van der Waals surface area contributed by atoms with Gasteiger partial charge in [0, 0.05) is 5.02 Å². The van der Waals surface area contributed by atoms with Crippen LogP contribution in [0.25, 0.3) is 0 Å². The fourth-order valence-electron chi connectivity index (χ4n) is 3.19. The van der Waals surface area contributed by atoms with E-state index in [2.05, 4.69) is 31.2 Å². The molecule has 2 aromatic carbocycles. The van der Waals surface area contributed by atoms with Crippen LogP contribution in [0.1, 0.15) is 51.0 Å². The Balaban J connectivity index is 1.85. The Morgan fingerprint density at radius 2 is 1.53 bits per heavy atom. The number of azo groups is 1. The molecule has 0 unspecified atom stereocenters. The highest BCUT2D eigenvalue weighted by Gasteiger charge is 2.18. The zero-order valence-electron chi connectivity index (χ0n) is 18.5. The molecule has 0 amide bonds. The van der Waals surface area contributed by atoms with Crippen molar-refractivity contribution in [1.82, 2.24) is 0 Å². The predicted molar refractivity (Wildman–Crippen MR) is 124 cm³/mol. The Hall–Kier alpha value is -1.95. The largest absolute Gasteiger partial charge is 0.507 e. The smallest absolute Gasteiger partial charge is 0.182 e. The lowest BCUT2D eigenvalue weighted by Gasteiger charge is -2.29. The molecule has 6 heteroatoms. The van der Waals surface area contributed by atoms with Crippen molar-refractivity contribution in [3.05, 3.63) is 53.1 Å². The molecule has 30 heavy (non-hydrogen) atoms. The van der Waals surface area contributed by atoms with Gasteiger partial charge in [-0.05, 0) is 48.9 Å². The number of ether oxygens (including phenoxy) is 1. The molecule has 0 saturated heterocycles. The number of benzene rings is 2. The van der Waals surface area contributed by atoms with Crippen molar-refractivity contribution in [1.29, 1.82) is 0 Å². The number of nitrogens with zero attached hydrogens (tertiary/aromatic N) is 3. The summed E-state index contributed by atoms with van der Waals surface area (Å²) in [7, 11) is 4.20. The van der Waals surface area contributed by atoms with Gasteiger partial charge < -0.3 is 14.3 Å². The number of phenolic OH excluding ortho intramolecular Hbond substituents is 1. The van der Waals surface area contributed by atoms with Gasteiger partial charge in [-0.3, -0.25) is 0 Å². The summed E-state index contributed by atoms with van der Waals surface area (Å²) in [5.41, 5.74) is 2.26. The van der Waals surface area contributed by atoms with Crippen molar-refractivity contribution in [2.45, 2.75) is 52.0 Å². The maximum atomic E-state index is 10.3. The Labute approximate surface area is 185 Å². The lowest BCUT2D eigenvalue weighted by molar-refractivity contribution is -0.922. The fourth-order valence-corrected chi connectivity index (χ4v) is 3.31. The summed E-state index contributed by atoms with van der Waals surface area (Å²) in [5, 5.41) is 19.5. The minimum Gasteiger partial charge on any atom is -0.507 e. The van der Waals surface area contributed by atoms with E-state index < -0.39 is 0 Å². The van der Waals surface area contributed by atoms with Crippen LogP contribution in [0, 0.1) is 0 Å². The summed E-state index contributed by atoms with van der Waals surface area (Å²) in [6.45, 7) is 4.27. The molecule has 0 aliphatic rings. The molecule has 0 saturated carbocycles. The second-order valence-electron chi connectivity index (χ2n) is 8.39. The number of aromatic hydroxyl groups is 1. The van der Waals surface area contributed by atoms with Gasteiger partial charge in [0.1, 0.15) is 12.3 Å². The van der Waals surface area contributed by atoms with E-state index in [1.54, 1.807) is 24.3 Å². The molecule has 0 aromatic heterocycles. The number of hydrogen-bond donors (Lipinski definition) is 1. The summed E-state index contributed by atoms with van der Waals surface area (Å²) in [4.78, 5) is 0. The predicted octanol–water partition coefficient (Wildman–Crippen LogP) is 7.37. The normalized spacial score (nSPS) is 12.0. The molecule has 0 atom stereocenters. The first-order chi connectivity index (χ1) is 14.4. The second-order valence-corrected chi connectivity index (χ2v) is 8.82. The zero-order chi connectivity index (χ0) is 21.8. The molecule has 0 bridgehead atoms. The summed E-state index contributed by atoms with van der Waals surface area (Å²) in [6, 6.07) is 12.5. The van der Waals surface area contributed by atoms with Gasteiger partial charge in [0.2, 0.25) is 0 Å². The maximum Gasteiger partial charge on any atom is 0.182 e. The van der Waals surface area contributed by atoms with Crippen LogP contribution in [0.4, 0.5) is 11.4 Å². The standard InChI is InChI=1S/C24H34ClN3O2/c1-4-5-6-7-8-9-16-30-19-28(2,3)18-20-17-23(14-15-24(20)29)27-26-22-12-10-21(25)11-13-22/h10-15,17H,4-9,16,18-19H2,1-3H3/p+1. The van der Waals surface area contributed by atoms with Gasteiger partial charge in [-0.25, -0.2) is 0 Å². The van der Waals surface area contributed by atoms with Crippen molar-refractivity contribution in [3.63, 3.8) is 0 Å². The SMILES string of the molecule is CCCCCCCCOC[N+](C)(C)Cc1cc(N=Nc2ccc(Cl)cc2)ccc1O. The third-order valence-corrected chi connectivity index (χ3v) is 5.10. The van der Waals surface area contributed by atoms with Crippen LogP contribution in [0.15, 0.2) is 52.7 Å². The minimum atomic E-state index is 0.266. The summed E-state index contributed by atoms with van der Waals surface area (Å²) < 4.78 is 6.53. The molecule has 5 nitrogen and oxygen atoms in total. The molecule has 1 N–H and O–H groups in total. The number of rotatable bonds is 13. The van der Waals surface area contributed by atoms with Crippen LogP contribution in [0.3, 0.4) is 0 Å². The van der Waals surface area contributed by atoms with Gasteiger partial charge in [0.05, 0.1) is 37.6 Å². The van der Waals surface area contributed by atoms with Gasteiger partial charge in [-0.2, -0.15) is 10.2 Å². The van der Waals surface area contributed by atoms with Crippen molar-refractivity contribution in [2.75, 3.05) is 27.4 Å². The van der Waals surface area contributed by atoms with Gasteiger partial charge in [-0.1, -0.05) is 50.6 Å². The Kier molecular flexibility index (Phi) is 10.3. The average Bonchev–Trinajstić information content (AvgIpc) is 2.71. The number of phenols is 1. The topological polar surface area (TPSA) is 54.2 Å². The molecule has 2 aromatic rings. The molecule has 0 fully saturated rings. The van der Waals surface area contributed by atoms with Crippen molar-refractivity contribution in [3.8, 4) is 5.75 Å². The van der Waals surface area contributed by atoms with Crippen molar-refractivity contribution >= 4 is 23.0 Å². The fraction of sp³-hybridized carbons (Fsp3) is 0.500. The summed E-state index contributed by atoms with van der Waals surface area (Å²) in [6.07, 6.45) is 7.56. The lowest BCUT2D eigenvalue weighted by atomic mass is 10.1. The highest BCUT2D eigenvalue weighted by atomic mass is 35.5. The van der Waals surface area contributed by atoms with Gasteiger partial charge in [0.15, 0.2) is 6.73 Å². The van der Waals surface area contributed by atoms with Gasteiger partial charge in [0.25, 0.3) is 0 Å². The molecule has 0 spiro atoms. The number of quaternary nitrogens is 1. The number of hydrogen-bond acceptors (Lipinski definition) is 4. The highest BCUT2D eigenvalue weighted by molar-refractivity contribution is 6.30. The van der Waals surface area contributed by atoms with E-state index in [-0.39, 0.29) is 5.75 Å². The van der Waals surface area contributed by atoms with Crippen molar-refractivity contribution < 1.29 is 14.3 Å². The van der Waals surface area contributed by atoms with Gasteiger partial charge >= 0.3 is 0 Å². The molecule has 164 valence electrons. The quantitative estimate of drug-likeness (QED) is 0.155. The second kappa shape index (κ2) is 12.7. The van der Waals surface area contributed by atoms with E-state index in [9.17, 15) is 5.11 Å². The zero-order valence-corrected chi connectivity index (χ0v) is 19.2. The van der Waals surface area contributed by atoms with Crippen LogP contribution in [0.2, 0.25) is 5.02 Å². The van der Waals surface area contributed by atoms with E-state index >= 15 is 0 Å². The van der Waals surface area contributed by atoms with Crippen molar-refractivity contribution in [2.24, 2.45) is 10.2 Å². The Morgan fingerprint density at radius 3 is 2.27 bits per heavy atom. The molecular weight excluding hydrogens is 398 g/mol. The lowest BCUT2D eigenvalue weighted by Crippen LogP contribution is -2.40. The molecule has 0 radical (unpaired) electrons. The van der Waals surface area contributed by atoms with E-state index in [1.165, 1.54) is 32.1 Å². The first kappa shape index (κ1) is 24.3. The van der Waals surface area contributed by atoms with Crippen LogP contribution in [0.5, 0.6) is 5.75 Å². The molecule has 0 aliphatic heterocycles. The minimum absolute atomic E-state index is 0.266.